The van der Waals surface area contributed by atoms with Gasteiger partial charge in [0.25, 0.3) is 5.91 Å². The molecule has 5 heteroatoms. The molecule has 0 bridgehead atoms. The second-order valence-corrected chi connectivity index (χ2v) is 6.85. The Bertz CT molecular complexity index is 623. The maximum atomic E-state index is 12.6. The van der Waals surface area contributed by atoms with Crippen LogP contribution in [0, 0.1) is 0 Å². The van der Waals surface area contributed by atoms with Gasteiger partial charge in [-0.25, -0.2) is 0 Å². The van der Waals surface area contributed by atoms with Gasteiger partial charge in [-0.05, 0) is 42.5 Å². The molecule has 0 spiro atoms. The average Bonchev–Trinajstić information content (AvgIpc) is 3.12. The fourth-order valence-electron chi connectivity index (χ4n) is 2.16. The van der Waals surface area contributed by atoms with E-state index in [-0.39, 0.29) is 11.7 Å². The lowest BCUT2D eigenvalue weighted by Gasteiger charge is -2.22. The number of hydrogen-bond donors (Lipinski definition) is 1. The zero-order valence-corrected chi connectivity index (χ0v) is 13.2. The fourth-order valence-corrected chi connectivity index (χ4v) is 3.22. The normalized spacial score (nSPS) is 14.2. The molecule has 0 atom stereocenters. The van der Waals surface area contributed by atoms with Crippen molar-refractivity contribution in [3.05, 3.63) is 50.6 Å². The van der Waals surface area contributed by atoms with Crippen LogP contribution in [0.25, 0.3) is 0 Å². The zero-order chi connectivity index (χ0) is 14.1. The Kier molecular flexibility index (Phi) is 3.81. The van der Waals surface area contributed by atoms with Gasteiger partial charge >= 0.3 is 0 Å². The van der Waals surface area contributed by atoms with E-state index in [1.165, 1.54) is 4.88 Å². The number of aromatic hydroxyl groups is 1. The molecule has 1 amide bonds. The lowest BCUT2D eigenvalue weighted by atomic mass is 10.1. The van der Waals surface area contributed by atoms with Crippen molar-refractivity contribution in [3.63, 3.8) is 0 Å². The molecule has 1 aliphatic carbocycles. The molecule has 3 rings (SSSR count). The van der Waals surface area contributed by atoms with E-state index in [0.717, 1.165) is 17.3 Å². The van der Waals surface area contributed by atoms with E-state index in [1.807, 2.05) is 22.4 Å². The van der Waals surface area contributed by atoms with Crippen molar-refractivity contribution in [3.8, 4) is 5.75 Å². The van der Waals surface area contributed by atoms with Gasteiger partial charge in [-0.1, -0.05) is 22.0 Å². The highest BCUT2D eigenvalue weighted by molar-refractivity contribution is 9.10. The van der Waals surface area contributed by atoms with Crippen LogP contribution in [0.1, 0.15) is 28.1 Å². The number of phenols is 1. The summed E-state index contributed by atoms with van der Waals surface area (Å²) in [6, 6.07) is 9.35. The predicted octanol–water partition coefficient (Wildman–Crippen LogP) is 4.02. The first-order chi connectivity index (χ1) is 9.65. The van der Waals surface area contributed by atoms with Crippen LogP contribution in [0.4, 0.5) is 0 Å². The molecule has 1 N–H and O–H groups in total. The van der Waals surface area contributed by atoms with Gasteiger partial charge in [-0.3, -0.25) is 4.79 Å². The molecule has 0 unspecified atom stereocenters. The number of benzene rings is 1. The van der Waals surface area contributed by atoms with Crippen LogP contribution in [-0.2, 0) is 6.54 Å². The largest absolute Gasteiger partial charge is 0.507 e. The van der Waals surface area contributed by atoms with Crippen molar-refractivity contribution in [2.75, 3.05) is 0 Å². The Labute approximate surface area is 130 Å². The van der Waals surface area contributed by atoms with E-state index in [9.17, 15) is 9.90 Å². The maximum absolute atomic E-state index is 12.6. The highest BCUT2D eigenvalue weighted by Gasteiger charge is 2.34. The monoisotopic (exact) mass is 351 g/mol. The molecule has 1 aliphatic rings. The van der Waals surface area contributed by atoms with Crippen molar-refractivity contribution >= 4 is 33.2 Å². The zero-order valence-electron chi connectivity index (χ0n) is 10.8. The first kappa shape index (κ1) is 13.6. The lowest BCUT2D eigenvalue weighted by Crippen LogP contribution is -2.32. The summed E-state index contributed by atoms with van der Waals surface area (Å²) in [6.07, 6.45) is 2.10. The summed E-state index contributed by atoms with van der Waals surface area (Å²) in [5, 5.41) is 12.0. The summed E-state index contributed by atoms with van der Waals surface area (Å²) in [6.45, 7) is 0.622. The summed E-state index contributed by atoms with van der Waals surface area (Å²) in [5.41, 5.74) is 0.372. The van der Waals surface area contributed by atoms with Crippen LogP contribution >= 0.6 is 27.3 Å². The average molecular weight is 352 g/mol. The van der Waals surface area contributed by atoms with Crippen LogP contribution in [-0.4, -0.2) is 22.0 Å². The minimum Gasteiger partial charge on any atom is -0.507 e. The molecule has 0 radical (unpaired) electrons. The van der Waals surface area contributed by atoms with Gasteiger partial charge in [0, 0.05) is 15.4 Å². The predicted molar refractivity (Wildman–Crippen MR) is 83.0 cm³/mol. The Balaban J connectivity index is 1.85. The first-order valence-corrected chi connectivity index (χ1v) is 8.14. The Morgan fingerprint density at radius 1 is 1.40 bits per heavy atom. The molecule has 3 nitrogen and oxygen atoms in total. The van der Waals surface area contributed by atoms with Crippen LogP contribution in [0.3, 0.4) is 0 Å². The van der Waals surface area contributed by atoms with Crippen molar-refractivity contribution in [1.82, 2.24) is 4.90 Å². The Morgan fingerprint density at radius 3 is 2.80 bits per heavy atom. The lowest BCUT2D eigenvalue weighted by molar-refractivity contribution is 0.0728. The number of carbonyl (C=O) groups excluding carboxylic acids is 1. The molecule has 1 fully saturated rings. The summed E-state index contributed by atoms with van der Waals surface area (Å²) < 4.78 is 0.766. The van der Waals surface area contributed by atoms with Crippen LogP contribution < -0.4 is 0 Å². The van der Waals surface area contributed by atoms with E-state index in [2.05, 4.69) is 15.9 Å². The number of rotatable bonds is 4. The number of thiophene rings is 1. The van der Waals surface area contributed by atoms with Gasteiger partial charge in [0.05, 0.1) is 12.1 Å². The molecule has 20 heavy (non-hydrogen) atoms. The van der Waals surface area contributed by atoms with Crippen molar-refractivity contribution < 1.29 is 9.90 Å². The Morgan fingerprint density at radius 2 is 2.20 bits per heavy atom. The minimum atomic E-state index is -0.0918. The number of carbonyl (C=O) groups is 1. The third-order valence-corrected chi connectivity index (χ3v) is 4.70. The molecular formula is C15H14BrNO2S. The van der Waals surface area contributed by atoms with Crippen molar-refractivity contribution in [2.45, 2.75) is 25.4 Å². The SMILES string of the molecule is O=C(c1ccc(Br)cc1O)N(Cc1cccs1)C1CC1. The van der Waals surface area contributed by atoms with Gasteiger partial charge in [0.2, 0.25) is 0 Å². The summed E-state index contributed by atoms with van der Waals surface area (Å²) in [4.78, 5) is 15.7. The highest BCUT2D eigenvalue weighted by atomic mass is 79.9. The summed E-state index contributed by atoms with van der Waals surface area (Å²) in [7, 11) is 0. The van der Waals surface area contributed by atoms with Gasteiger partial charge in [-0.15, -0.1) is 11.3 Å². The molecule has 1 saturated carbocycles. The highest BCUT2D eigenvalue weighted by Crippen LogP contribution is 2.32. The van der Waals surface area contributed by atoms with Crippen LogP contribution in [0.5, 0.6) is 5.75 Å². The van der Waals surface area contributed by atoms with E-state index < -0.39 is 0 Å². The molecule has 1 aromatic carbocycles. The summed E-state index contributed by atoms with van der Waals surface area (Å²) >= 11 is 4.94. The first-order valence-electron chi connectivity index (χ1n) is 6.47. The standard InChI is InChI=1S/C15H14BrNO2S/c16-10-3-6-13(14(18)8-10)15(19)17(11-4-5-11)9-12-2-1-7-20-12/h1-3,6-8,11,18H,4-5,9H2. The molecule has 2 aromatic rings. The maximum Gasteiger partial charge on any atom is 0.258 e. The van der Waals surface area contributed by atoms with Crippen molar-refractivity contribution in [1.29, 1.82) is 0 Å². The third kappa shape index (κ3) is 2.88. The number of phenolic OH excluding ortho intramolecular Hbond substituents is 1. The van der Waals surface area contributed by atoms with E-state index in [4.69, 9.17) is 0 Å². The smallest absolute Gasteiger partial charge is 0.258 e. The number of amides is 1. The van der Waals surface area contributed by atoms with Gasteiger partial charge in [0.15, 0.2) is 0 Å². The second kappa shape index (κ2) is 5.58. The molecular weight excluding hydrogens is 338 g/mol. The topological polar surface area (TPSA) is 40.5 Å². The van der Waals surface area contributed by atoms with E-state index in [0.29, 0.717) is 18.2 Å². The van der Waals surface area contributed by atoms with Crippen molar-refractivity contribution in [2.24, 2.45) is 0 Å². The molecule has 1 aromatic heterocycles. The molecule has 1 heterocycles. The quantitative estimate of drug-likeness (QED) is 0.903. The molecule has 0 aliphatic heterocycles. The van der Waals surface area contributed by atoms with Gasteiger partial charge in [-0.2, -0.15) is 0 Å². The van der Waals surface area contributed by atoms with E-state index in [1.54, 1.807) is 29.5 Å². The fraction of sp³-hybridized carbons (Fsp3) is 0.267. The summed E-state index contributed by atoms with van der Waals surface area (Å²) in [5.74, 6) is -0.0629. The van der Waals surface area contributed by atoms with E-state index >= 15 is 0 Å². The van der Waals surface area contributed by atoms with Crippen LogP contribution in [0.2, 0.25) is 0 Å². The molecule has 0 saturated heterocycles. The number of hydrogen-bond acceptors (Lipinski definition) is 3. The molecule has 104 valence electrons. The minimum absolute atomic E-state index is 0.0289. The van der Waals surface area contributed by atoms with Crippen LogP contribution in [0.15, 0.2) is 40.2 Å². The number of halogens is 1. The van der Waals surface area contributed by atoms with Gasteiger partial charge in [0.1, 0.15) is 5.75 Å². The Hall–Kier alpha value is -1.33. The second-order valence-electron chi connectivity index (χ2n) is 4.91. The van der Waals surface area contributed by atoms with Gasteiger partial charge < -0.3 is 10.0 Å². The number of nitrogens with zero attached hydrogens (tertiary/aromatic N) is 1. The third-order valence-electron chi connectivity index (χ3n) is 3.34.